The maximum atomic E-state index is 12.4. The summed E-state index contributed by atoms with van der Waals surface area (Å²) in [7, 11) is 0. The Morgan fingerprint density at radius 1 is 0.697 bits per heavy atom. The predicted molar refractivity (Wildman–Crippen MR) is 136 cm³/mol. The van der Waals surface area contributed by atoms with Crippen molar-refractivity contribution in [3.8, 4) is 17.2 Å². The molecular formula is C29H42O4. The molecule has 1 atom stereocenters. The number of rotatable bonds is 17. The first-order valence-corrected chi connectivity index (χ1v) is 12.8. The molecule has 0 unspecified atom stereocenters. The fraction of sp³-hybridized carbons (Fsp3) is 0.552. The van der Waals surface area contributed by atoms with Gasteiger partial charge in [-0.15, -0.1) is 0 Å². The molecule has 33 heavy (non-hydrogen) atoms. The molecule has 0 aliphatic heterocycles. The van der Waals surface area contributed by atoms with Gasteiger partial charge in [-0.1, -0.05) is 71.6 Å². The van der Waals surface area contributed by atoms with E-state index < -0.39 is 0 Å². The summed E-state index contributed by atoms with van der Waals surface area (Å²) >= 11 is 0. The Morgan fingerprint density at radius 2 is 1.24 bits per heavy atom. The van der Waals surface area contributed by atoms with Gasteiger partial charge in [0.1, 0.15) is 17.2 Å². The molecule has 4 heteroatoms. The summed E-state index contributed by atoms with van der Waals surface area (Å²) in [6.45, 7) is 7.21. The van der Waals surface area contributed by atoms with Gasteiger partial charge in [0.2, 0.25) is 0 Å². The van der Waals surface area contributed by atoms with Crippen LogP contribution in [0.3, 0.4) is 0 Å². The second-order valence-corrected chi connectivity index (χ2v) is 8.78. The topological polar surface area (TPSA) is 44.8 Å². The molecule has 0 saturated carbocycles. The van der Waals surface area contributed by atoms with E-state index in [0.717, 1.165) is 43.8 Å². The molecule has 0 N–H and O–H groups in total. The third-order valence-electron chi connectivity index (χ3n) is 5.69. The third-order valence-corrected chi connectivity index (χ3v) is 5.69. The van der Waals surface area contributed by atoms with E-state index >= 15 is 0 Å². The van der Waals surface area contributed by atoms with Gasteiger partial charge in [0.05, 0.1) is 18.3 Å². The van der Waals surface area contributed by atoms with Crippen LogP contribution in [0.4, 0.5) is 0 Å². The summed E-state index contributed by atoms with van der Waals surface area (Å²) in [5.74, 6) is 1.70. The van der Waals surface area contributed by atoms with Crippen LogP contribution in [0.1, 0.15) is 102 Å². The molecule has 0 aliphatic carbocycles. The number of esters is 1. The lowest BCUT2D eigenvalue weighted by atomic mass is 10.1. The number of carbonyl (C=O) groups is 1. The zero-order valence-electron chi connectivity index (χ0n) is 20.8. The second-order valence-electron chi connectivity index (χ2n) is 8.78. The predicted octanol–water partition coefficient (Wildman–Crippen LogP) is 8.38. The Labute approximate surface area is 200 Å². The maximum absolute atomic E-state index is 12.4. The summed E-state index contributed by atoms with van der Waals surface area (Å²) in [4.78, 5) is 12.4. The van der Waals surface area contributed by atoms with E-state index in [4.69, 9.17) is 14.2 Å². The molecule has 182 valence electrons. The fourth-order valence-corrected chi connectivity index (χ4v) is 3.65. The van der Waals surface area contributed by atoms with Crippen LogP contribution in [0.5, 0.6) is 17.2 Å². The largest absolute Gasteiger partial charge is 0.494 e. The fourth-order valence-electron chi connectivity index (χ4n) is 3.65. The van der Waals surface area contributed by atoms with Crippen molar-refractivity contribution in [1.29, 1.82) is 0 Å². The smallest absolute Gasteiger partial charge is 0.343 e. The Kier molecular flexibility index (Phi) is 13.1. The highest BCUT2D eigenvalue weighted by atomic mass is 16.5. The van der Waals surface area contributed by atoms with Crippen molar-refractivity contribution in [3.63, 3.8) is 0 Å². The first-order valence-electron chi connectivity index (χ1n) is 12.8. The van der Waals surface area contributed by atoms with Crippen LogP contribution >= 0.6 is 0 Å². The highest BCUT2D eigenvalue weighted by molar-refractivity contribution is 5.91. The minimum atomic E-state index is -0.381. The van der Waals surface area contributed by atoms with Crippen LogP contribution in [-0.2, 0) is 0 Å². The number of unbranched alkanes of at least 4 members (excludes halogenated alkanes) is 8. The molecule has 0 aliphatic rings. The lowest BCUT2D eigenvalue weighted by molar-refractivity contribution is 0.0734. The number of ether oxygens (including phenoxy) is 3. The van der Waals surface area contributed by atoms with Crippen LogP contribution in [0.15, 0.2) is 48.5 Å². The van der Waals surface area contributed by atoms with Crippen molar-refractivity contribution in [1.82, 2.24) is 0 Å². The third kappa shape index (κ3) is 11.3. The maximum Gasteiger partial charge on any atom is 0.343 e. The van der Waals surface area contributed by atoms with E-state index in [9.17, 15) is 4.79 Å². The molecule has 0 aromatic heterocycles. The van der Waals surface area contributed by atoms with E-state index in [-0.39, 0.29) is 12.1 Å². The van der Waals surface area contributed by atoms with Crippen LogP contribution in [0, 0.1) is 0 Å². The number of hydrogen-bond donors (Lipinski definition) is 0. The van der Waals surface area contributed by atoms with E-state index in [2.05, 4.69) is 20.8 Å². The van der Waals surface area contributed by atoms with Gasteiger partial charge in [-0.3, -0.25) is 0 Å². The molecule has 2 aromatic rings. The summed E-state index contributed by atoms with van der Waals surface area (Å²) < 4.78 is 17.2. The normalized spacial score (nSPS) is 11.7. The van der Waals surface area contributed by atoms with Crippen molar-refractivity contribution in [2.45, 2.75) is 97.5 Å². The quantitative estimate of drug-likeness (QED) is 0.137. The molecule has 4 nitrogen and oxygen atoms in total. The molecule has 0 fully saturated rings. The molecule has 0 heterocycles. The number of hydrogen-bond acceptors (Lipinski definition) is 4. The number of carbonyl (C=O) groups excluding carboxylic acids is 1. The van der Waals surface area contributed by atoms with Crippen molar-refractivity contribution in [2.24, 2.45) is 0 Å². The molecule has 0 spiro atoms. The van der Waals surface area contributed by atoms with Gasteiger partial charge in [0.15, 0.2) is 0 Å². The Balaban J connectivity index is 1.67. The molecular weight excluding hydrogens is 412 g/mol. The SMILES string of the molecule is CCCCCCCCCCOc1ccc(OC(=O)c2ccc(O[C@@H](C)CCCC)cc2)cc1. The zero-order valence-corrected chi connectivity index (χ0v) is 20.8. The average Bonchev–Trinajstić information content (AvgIpc) is 2.83. The Hall–Kier alpha value is -2.49. The van der Waals surface area contributed by atoms with Gasteiger partial charge in [0, 0.05) is 0 Å². The van der Waals surface area contributed by atoms with E-state index in [1.54, 1.807) is 24.3 Å². The van der Waals surface area contributed by atoms with E-state index in [1.165, 1.54) is 44.9 Å². The van der Waals surface area contributed by atoms with Crippen LogP contribution in [-0.4, -0.2) is 18.7 Å². The minimum Gasteiger partial charge on any atom is -0.494 e. The zero-order chi connectivity index (χ0) is 23.7. The van der Waals surface area contributed by atoms with Crippen LogP contribution in [0.25, 0.3) is 0 Å². The van der Waals surface area contributed by atoms with Gasteiger partial charge < -0.3 is 14.2 Å². The van der Waals surface area contributed by atoms with Gasteiger partial charge in [0.25, 0.3) is 0 Å². The standard InChI is InChI=1S/C29H42O4/c1-4-6-8-9-10-11-12-13-23-31-26-19-21-28(22-20-26)33-29(30)25-15-17-27(18-16-25)32-24(3)14-7-5-2/h15-22,24H,4-14,23H2,1-3H3/t24-/m0/s1. The van der Waals surface area contributed by atoms with Crippen molar-refractivity contribution >= 4 is 5.97 Å². The average molecular weight is 455 g/mol. The summed E-state index contributed by atoms with van der Waals surface area (Å²) in [6, 6.07) is 14.4. The molecule has 2 rings (SSSR count). The van der Waals surface area contributed by atoms with Crippen molar-refractivity contribution < 1.29 is 19.0 Å². The van der Waals surface area contributed by atoms with Gasteiger partial charge >= 0.3 is 5.97 Å². The minimum absolute atomic E-state index is 0.166. The molecule has 0 saturated heterocycles. The first-order chi connectivity index (χ1) is 16.1. The molecule has 0 bridgehead atoms. The summed E-state index contributed by atoms with van der Waals surface area (Å²) in [5, 5.41) is 0. The van der Waals surface area contributed by atoms with Gasteiger partial charge in [-0.2, -0.15) is 0 Å². The van der Waals surface area contributed by atoms with Crippen molar-refractivity contribution in [2.75, 3.05) is 6.61 Å². The van der Waals surface area contributed by atoms with Gasteiger partial charge in [-0.05, 0) is 68.3 Å². The lowest BCUT2D eigenvalue weighted by Crippen LogP contribution is -2.12. The van der Waals surface area contributed by atoms with Gasteiger partial charge in [-0.25, -0.2) is 4.79 Å². The monoisotopic (exact) mass is 454 g/mol. The summed E-state index contributed by atoms with van der Waals surface area (Å²) in [6.07, 6.45) is 13.8. The Morgan fingerprint density at radius 3 is 1.88 bits per heavy atom. The van der Waals surface area contributed by atoms with Crippen LogP contribution in [0.2, 0.25) is 0 Å². The highest BCUT2D eigenvalue weighted by Gasteiger charge is 2.10. The van der Waals surface area contributed by atoms with Crippen LogP contribution < -0.4 is 14.2 Å². The Bertz CT molecular complexity index is 767. The van der Waals surface area contributed by atoms with Crippen molar-refractivity contribution in [3.05, 3.63) is 54.1 Å². The summed E-state index contributed by atoms with van der Waals surface area (Å²) in [5.41, 5.74) is 0.499. The van der Waals surface area contributed by atoms with E-state index in [0.29, 0.717) is 11.3 Å². The molecule has 0 radical (unpaired) electrons. The number of benzene rings is 2. The molecule has 2 aromatic carbocycles. The lowest BCUT2D eigenvalue weighted by Gasteiger charge is -2.14. The first kappa shape index (κ1) is 26.8. The second kappa shape index (κ2) is 16.2. The highest BCUT2D eigenvalue weighted by Crippen LogP contribution is 2.21. The molecule has 0 amide bonds. The van der Waals surface area contributed by atoms with E-state index in [1.807, 2.05) is 24.3 Å².